The predicted octanol–water partition coefficient (Wildman–Crippen LogP) is 3.64. The van der Waals surface area contributed by atoms with E-state index in [9.17, 15) is 0 Å². The maximum absolute atomic E-state index is 8.63. The minimum atomic E-state index is 0.322. The lowest BCUT2D eigenvalue weighted by atomic mass is 10.3. The first-order valence-electron chi connectivity index (χ1n) is 6.67. The van der Waals surface area contributed by atoms with Crippen LogP contribution in [0, 0.1) is 0 Å². The summed E-state index contributed by atoms with van der Waals surface area (Å²) in [5, 5.41) is 17.3. The first-order valence-corrected chi connectivity index (χ1v) is 6.67. The Bertz CT molecular complexity index is 585. The lowest BCUT2D eigenvalue weighted by Gasteiger charge is -1.94. The molecule has 3 rings (SSSR count). The van der Waals surface area contributed by atoms with Gasteiger partial charge in [-0.3, -0.25) is 0 Å². The summed E-state index contributed by atoms with van der Waals surface area (Å²) < 4.78 is 0. The zero-order chi connectivity index (χ0) is 16.2. The maximum Gasteiger partial charge on any atom is 0.115 e. The van der Waals surface area contributed by atoms with E-state index in [1.54, 1.807) is 60.7 Å². The van der Waals surface area contributed by atoms with Crippen molar-refractivity contribution in [3.63, 3.8) is 0 Å². The number of anilines is 2. The Balaban J connectivity index is 0.000000166. The van der Waals surface area contributed by atoms with Crippen LogP contribution >= 0.6 is 0 Å². The Morgan fingerprint density at radius 3 is 0.909 bits per heavy atom. The van der Waals surface area contributed by atoms with E-state index < -0.39 is 0 Å². The van der Waals surface area contributed by atoms with E-state index in [4.69, 9.17) is 21.7 Å². The first-order chi connectivity index (χ1) is 10.6. The topological polar surface area (TPSA) is 92.5 Å². The molecule has 4 nitrogen and oxygen atoms in total. The molecule has 4 heteroatoms. The highest BCUT2D eigenvalue weighted by Crippen LogP contribution is 2.10. The minimum Gasteiger partial charge on any atom is -0.508 e. The summed E-state index contributed by atoms with van der Waals surface area (Å²) in [7, 11) is 0. The van der Waals surface area contributed by atoms with Crippen LogP contribution in [-0.4, -0.2) is 10.2 Å². The molecule has 0 heterocycles. The third-order valence-corrected chi connectivity index (χ3v) is 2.51. The fraction of sp³-hybridized carbons (Fsp3) is 0. The van der Waals surface area contributed by atoms with Crippen molar-refractivity contribution >= 4 is 11.4 Å². The number of benzene rings is 3. The molecule has 6 N–H and O–H groups in total. The second-order valence-corrected chi connectivity index (χ2v) is 4.30. The van der Waals surface area contributed by atoms with E-state index >= 15 is 0 Å². The number of hydrogen-bond acceptors (Lipinski definition) is 4. The average Bonchev–Trinajstić information content (AvgIpc) is 2.53. The molecular formula is C18H20N2O2. The summed E-state index contributed by atoms with van der Waals surface area (Å²) in [4.78, 5) is 0. The Hall–Kier alpha value is -3.14. The number of nitrogen functional groups attached to an aromatic ring is 2. The lowest BCUT2D eigenvalue weighted by molar-refractivity contribution is 0.475. The van der Waals surface area contributed by atoms with Crippen molar-refractivity contribution in [2.45, 2.75) is 0 Å². The van der Waals surface area contributed by atoms with Crippen LogP contribution in [-0.2, 0) is 0 Å². The molecule has 0 aliphatic heterocycles. The number of nitrogens with two attached hydrogens (primary N) is 2. The number of hydrogen-bond donors (Lipinski definition) is 4. The number of phenols is 2. The molecule has 0 amide bonds. The van der Waals surface area contributed by atoms with Crippen LogP contribution in [0.5, 0.6) is 11.5 Å². The number of aromatic hydroxyl groups is 2. The number of rotatable bonds is 0. The molecule has 0 fully saturated rings. The predicted molar refractivity (Wildman–Crippen MR) is 91.5 cm³/mol. The number of para-hydroxylation sites is 4. The molecule has 0 aromatic heterocycles. The zero-order valence-corrected chi connectivity index (χ0v) is 12.1. The first kappa shape index (κ1) is 16.9. The maximum atomic E-state index is 8.63. The van der Waals surface area contributed by atoms with Crippen LogP contribution in [0.2, 0.25) is 0 Å². The quantitative estimate of drug-likeness (QED) is 0.477. The van der Waals surface area contributed by atoms with Gasteiger partial charge in [-0.25, -0.2) is 0 Å². The fourth-order valence-corrected chi connectivity index (χ4v) is 1.37. The van der Waals surface area contributed by atoms with E-state index in [0.717, 1.165) is 0 Å². The highest BCUT2D eigenvalue weighted by Gasteiger charge is 1.85. The Kier molecular flexibility index (Phi) is 7.47. The van der Waals surface area contributed by atoms with Gasteiger partial charge in [0, 0.05) is 0 Å². The Labute approximate surface area is 130 Å². The van der Waals surface area contributed by atoms with Crippen molar-refractivity contribution in [2.24, 2.45) is 0 Å². The fourth-order valence-electron chi connectivity index (χ4n) is 1.37. The van der Waals surface area contributed by atoms with Gasteiger partial charge in [0.25, 0.3) is 0 Å². The summed E-state index contributed by atoms with van der Waals surface area (Å²) >= 11 is 0. The summed E-state index contributed by atoms with van der Waals surface area (Å²) in [6.45, 7) is 0. The van der Waals surface area contributed by atoms with Crippen molar-refractivity contribution in [2.75, 3.05) is 11.5 Å². The summed E-state index contributed by atoms with van der Waals surface area (Å²) in [5.41, 5.74) is 12.1. The van der Waals surface area contributed by atoms with Crippen molar-refractivity contribution in [1.29, 1.82) is 0 Å². The van der Waals surface area contributed by atoms with Crippen molar-refractivity contribution < 1.29 is 10.2 Å². The van der Waals surface area contributed by atoms with Crippen LogP contribution < -0.4 is 11.5 Å². The molecule has 0 bridgehead atoms. The normalized spacial score (nSPS) is 8.73. The van der Waals surface area contributed by atoms with Gasteiger partial charge < -0.3 is 21.7 Å². The highest BCUT2D eigenvalue weighted by molar-refractivity contribution is 5.62. The van der Waals surface area contributed by atoms with E-state index in [-0.39, 0.29) is 0 Å². The van der Waals surface area contributed by atoms with Gasteiger partial charge in [-0.1, -0.05) is 48.5 Å². The molecule has 3 aromatic carbocycles. The van der Waals surface area contributed by atoms with Crippen LogP contribution in [0.4, 0.5) is 11.4 Å². The lowest BCUT2D eigenvalue weighted by Crippen LogP contribution is -1.91. The monoisotopic (exact) mass is 296 g/mol. The van der Waals surface area contributed by atoms with Gasteiger partial charge in [-0.05, 0) is 36.4 Å². The second kappa shape index (κ2) is 9.72. The molecule has 0 radical (unpaired) electrons. The van der Waals surface area contributed by atoms with E-state index in [1.807, 2.05) is 24.3 Å². The van der Waals surface area contributed by atoms with E-state index in [1.165, 1.54) is 0 Å². The zero-order valence-electron chi connectivity index (χ0n) is 12.1. The van der Waals surface area contributed by atoms with Crippen LogP contribution in [0.3, 0.4) is 0 Å². The molecular weight excluding hydrogens is 276 g/mol. The van der Waals surface area contributed by atoms with Crippen molar-refractivity contribution in [1.82, 2.24) is 0 Å². The van der Waals surface area contributed by atoms with Crippen LogP contribution in [0.15, 0.2) is 84.9 Å². The summed E-state index contributed by atoms with van der Waals surface area (Å²) in [6.07, 6.45) is 0. The van der Waals surface area contributed by atoms with Crippen LogP contribution in [0.1, 0.15) is 0 Å². The Morgan fingerprint density at radius 2 is 0.727 bits per heavy atom. The van der Waals surface area contributed by atoms with Gasteiger partial charge in [0.1, 0.15) is 11.5 Å². The smallest absolute Gasteiger partial charge is 0.115 e. The molecule has 0 saturated heterocycles. The van der Waals surface area contributed by atoms with Crippen molar-refractivity contribution in [3.8, 4) is 11.5 Å². The standard InChI is InChI=1S/C6H8N2.2C6H6O/c7-5-3-1-2-4-6(5)8;2*7-6-4-2-1-3-5-6/h1-4H,7-8H2;2*1-5,7H. The molecule has 0 aliphatic carbocycles. The van der Waals surface area contributed by atoms with Gasteiger partial charge >= 0.3 is 0 Å². The van der Waals surface area contributed by atoms with Gasteiger partial charge in [0.2, 0.25) is 0 Å². The molecule has 0 aliphatic rings. The average molecular weight is 296 g/mol. The van der Waals surface area contributed by atoms with E-state index in [0.29, 0.717) is 22.9 Å². The SMILES string of the molecule is Nc1ccccc1N.Oc1ccccc1.Oc1ccccc1. The van der Waals surface area contributed by atoms with Crippen LogP contribution in [0.25, 0.3) is 0 Å². The third-order valence-electron chi connectivity index (χ3n) is 2.51. The van der Waals surface area contributed by atoms with E-state index in [2.05, 4.69) is 0 Å². The molecule has 3 aromatic rings. The Morgan fingerprint density at radius 1 is 0.455 bits per heavy atom. The molecule has 22 heavy (non-hydrogen) atoms. The number of phenolic OH excluding ortho intramolecular Hbond substituents is 2. The third kappa shape index (κ3) is 7.45. The summed E-state index contributed by atoms with van der Waals surface area (Å²) in [5.74, 6) is 0.644. The summed E-state index contributed by atoms with van der Waals surface area (Å²) in [6, 6.07) is 24.7. The minimum absolute atomic E-state index is 0.322. The molecule has 0 unspecified atom stereocenters. The molecule has 0 spiro atoms. The molecule has 0 saturated carbocycles. The van der Waals surface area contributed by atoms with Crippen molar-refractivity contribution in [3.05, 3.63) is 84.9 Å². The second-order valence-electron chi connectivity index (χ2n) is 4.30. The highest BCUT2D eigenvalue weighted by atomic mass is 16.3. The molecule has 114 valence electrons. The van der Waals surface area contributed by atoms with Gasteiger partial charge in [0.05, 0.1) is 11.4 Å². The van der Waals surface area contributed by atoms with Gasteiger partial charge in [-0.15, -0.1) is 0 Å². The largest absolute Gasteiger partial charge is 0.508 e. The van der Waals surface area contributed by atoms with Gasteiger partial charge in [-0.2, -0.15) is 0 Å². The van der Waals surface area contributed by atoms with Gasteiger partial charge in [0.15, 0.2) is 0 Å². The molecule has 0 atom stereocenters.